The third-order valence-electron chi connectivity index (χ3n) is 5.60. The molecule has 4 rings (SSSR count). The minimum Gasteiger partial charge on any atom is -0.497 e. The van der Waals surface area contributed by atoms with Crippen molar-refractivity contribution in [1.82, 2.24) is 15.2 Å². The molecule has 0 aliphatic rings. The van der Waals surface area contributed by atoms with Crippen LogP contribution in [0.4, 0.5) is 5.69 Å². The molecule has 0 saturated carbocycles. The number of aromatic amines is 1. The Labute approximate surface area is 198 Å². The highest BCUT2D eigenvalue weighted by Crippen LogP contribution is 2.28. The lowest BCUT2D eigenvalue weighted by Crippen LogP contribution is -2.13. The molecule has 176 valence electrons. The number of carbonyl (C=O) groups is 1. The van der Waals surface area contributed by atoms with Crippen molar-refractivity contribution < 1.29 is 14.3 Å². The van der Waals surface area contributed by atoms with Gasteiger partial charge in [-0.3, -0.25) is 9.89 Å². The molecule has 34 heavy (non-hydrogen) atoms. The number of nitrogens with two attached hydrogens (primary N) is 1. The summed E-state index contributed by atoms with van der Waals surface area (Å²) in [6.07, 6.45) is 1.56. The van der Waals surface area contributed by atoms with Gasteiger partial charge in [0.1, 0.15) is 11.5 Å². The average Bonchev–Trinajstić information content (AvgIpc) is 3.27. The van der Waals surface area contributed by atoms with Gasteiger partial charge in [0.15, 0.2) is 5.65 Å². The predicted octanol–water partition coefficient (Wildman–Crippen LogP) is 4.48. The number of methoxy groups -OCH3 is 1. The minimum atomic E-state index is -0.262. The molecule has 0 saturated heterocycles. The maximum Gasteiger partial charge on any atom is 0.255 e. The van der Waals surface area contributed by atoms with E-state index >= 15 is 0 Å². The lowest BCUT2D eigenvalue weighted by atomic mass is 10.0. The fraction of sp³-hybridized carbons (Fsp3) is 0.269. The van der Waals surface area contributed by atoms with Gasteiger partial charge in [0.25, 0.3) is 5.91 Å². The van der Waals surface area contributed by atoms with E-state index in [9.17, 15) is 4.79 Å². The predicted molar refractivity (Wildman–Crippen MR) is 134 cm³/mol. The summed E-state index contributed by atoms with van der Waals surface area (Å²) in [6.45, 7) is 5.09. The van der Waals surface area contributed by atoms with Crippen LogP contribution in [-0.2, 0) is 6.42 Å². The molecule has 8 heteroatoms. The molecule has 2 aromatic carbocycles. The van der Waals surface area contributed by atoms with Crippen LogP contribution in [0.1, 0.15) is 35.0 Å². The highest BCUT2D eigenvalue weighted by molar-refractivity contribution is 6.05. The Bertz CT molecular complexity index is 1320. The van der Waals surface area contributed by atoms with E-state index in [1.54, 1.807) is 25.3 Å². The standard InChI is InChI=1S/C26H29N5O3/c1-4-23-21-8-9-24(29-25(21)31-30-23)22-14-18(7-6-16(22)2)28-26(32)17-12-19(33-3)15-20(13-17)34-11-5-10-27/h6-9,12-15H,4-5,10-11,27H2,1-3H3,(H,28,32)(H,29,30,31). The largest absolute Gasteiger partial charge is 0.497 e. The second kappa shape index (κ2) is 10.4. The van der Waals surface area contributed by atoms with E-state index in [1.165, 1.54) is 0 Å². The van der Waals surface area contributed by atoms with Gasteiger partial charge in [-0.25, -0.2) is 4.98 Å². The zero-order chi connectivity index (χ0) is 24.1. The van der Waals surface area contributed by atoms with Crippen LogP contribution in [0.15, 0.2) is 48.5 Å². The molecular formula is C26H29N5O3. The third-order valence-corrected chi connectivity index (χ3v) is 5.60. The normalized spacial score (nSPS) is 10.9. The number of benzene rings is 2. The van der Waals surface area contributed by atoms with E-state index < -0.39 is 0 Å². The lowest BCUT2D eigenvalue weighted by molar-refractivity contribution is 0.102. The fourth-order valence-corrected chi connectivity index (χ4v) is 3.73. The quantitative estimate of drug-likeness (QED) is 0.318. The summed E-state index contributed by atoms with van der Waals surface area (Å²) in [5.41, 5.74) is 11.2. The van der Waals surface area contributed by atoms with E-state index in [-0.39, 0.29) is 5.91 Å². The Hall–Kier alpha value is -3.91. The number of hydrogen-bond acceptors (Lipinski definition) is 6. The smallest absolute Gasteiger partial charge is 0.255 e. The van der Waals surface area contributed by atoms with Crippen LogP contribution in [0.5, 0.6) is 11.5 Å². The maximum atomic E-state index is 13.0. The summed E-state index contributed by atoms with van der Waals surface area (Å²) in [7, 11) is 1.56. The van der Waals surface area contributed by atoms with Crippen molar-refractivity contribution in [2.45, 2.75) is 26.7 Å². The SMILES string of the molecule is CCc1n[nH]c2nc(-c3cc(NC(=O)c4cc(OC)cc(OCCCN)c4)ccc3C)ccc12. The first-order valence-electron chi connectivity index (χ1n) is 11.3. The number of pyridine rings is 1. The van der Waals surface area contributed by atoms with Crippen LogP contribution < -0.4 is 20.5 Å². The molecule has 0 unspecified atom stereocenters. The molecule has 1 amide bonds. The summed E-state index contributed by atoms with van der Waals surface area (Å²) < 4.78 is 11.0. The van der Waals surface area contributed by atoms with Gasteiger partial charge in [0.05, 0.1) is 25.1 Å². The monoisotopic (exact) mass is 459 g/mol. The van der Waals surface area contributed by atoms with Gasteiger partial charge in [0.2, 0.25) is 0 Å². The molecule has 2 heterocycles. The second-order valence-corrected chi connectivity index (χ2v) is 7.99. The van der Waals surface area contributed by atoms with E-state index in [4.69, 9.17) is 20.2 Å². The summed E-state index contributed by atoms with van der Waals surface area (Å²) >= 11 is 0. The van der Waals surface area contributed by atoms with E-state index in [0.29, 0.717) is 35.9 Å². The number of nitrogens with zero attached hydrogens (tertiary/aromatic N) is 2. The Morgan fingerprint density at radius 1 is 1.12 bits per heavy atom. The Morgan fingerprint density at radius 3 is 2.71 bits per heavy atom. The van der Waals surface area contributed by atoms with Crippen molar-refractivity contribution in [3.63, 3.8) is 0 Å². The van der Waals surface area contributed by atoms with Crippen molar-refractivity contribution in [2.75, 3.05) is 25.6 Å². The number of hydrogen-bond donors (Lipinski definition) is 3. The number of anilines is 1. The first-order chi connectivity index (χ1) is 16.5. The van der Waals surface area contributed by atoms with Crippen LogP contribution >= 0.6 is 0 Å². The van der Waals surface area contributed by atoms with Crippen LogP contribution in [0.3, 0.4) is 0 Å². The molecule has 0 atom stereocenters. The van der Waals surface area contributed by atoms with E-state index in [0.717, 1.165) is 46.4 Å². The van der Waals surface area contributed by atoms with Gasteiger partial charge >= 0.3 is 0 Å². The third kappa shape index (κ3) is 5.02. The van der Waals surface area contributed by atoms with E-state index in [2.05, 4.69) is 22.4 Å². The van der Waals surface area contributed by atoms with E-state index in [1.807, 2.05) is 37.3 Å². The Kier molecular flexibility index (Phi) is 7.08. The molecule has 0 bridgehead atoms. The number of carbonyl (C=O) groups excluding carboxylic acids is 1. The number of aromatic nitrogens is 3. The first kappa shape index (κ1) is 23.3. The molecule has 0 aliphatic heterocycles. The molecule has 0 fully saturated rings. The molecule has 8 nitrogen and oxygen atoms in total. The summed E-state index contributed by atoms with van der Waals surface area (Å²) in [6, 6.07) is 14.9. The molecule has 2 aromatic heterocycles. The van der Waals surface area contributed by atoms with Crippen LogP contribution in [0.2, 0.25) is 0 Å². The molecule has 0 spiro atoms. The summed E-state index contributed by atoms with van der Waals surface area (Å²) in [4.78, 5) is 17.8. The average molecular weight is 460 g/mol. The van der Waals surface area contributed by atoms with Gasteiger partial charge in [-0.05, 0) is 68.3 Å². The molecule has 0 radical (unpaired) electrons. The highest BCUT2D eigenvalue weighted by atomic mass is 16.5. The topological polar surface area (TPSA) is 115 Å². The van der Waals surface area contributed by atoms with Gasteiger partial charge in [-0.15, -0.1) is 0 Å². The fourth-order valence-electron chi connectivity index (χ4n) is 3.73. The van der Waals surface area contributed by atoms with Crippen LogP contribution in [0, 0.1) is 6.92 Å². The van der Waals surface area contributed by atoms with Crippen molar-refractivity contribution in [2.24, 2.45) is 5.73 Å². The van der Waals surface area contributed by atoms with Crippen molar-refractivity contribution >= 4 is 22.6 Å². The maximum absolute atomic E-state index is 13.0. The summed E-state index contributed by atoms with van der Waals surface area (Å²) in [5, 5.41) is 11.3. The van der Waals surface area contributed by atoms with Gasteiger partial charge in [-0.2, -0.15) is 5.10 Å². The van der Waals surface area contributed by atoms with Gasteiger partial charge < -0.3 is 20.5 Å². The molecular weight excluding hydrogens is 430 g/mol. The molecule has 4 N–H and O–H groups in total. The van der Waals surface area contributed by atoms with Crippen LogP contribution in [-0.4, -0.2) is 41.3 Å². The molecule has 0 aliphatic carbocycles. The van der Waals surface area contributed by atoms with Crippen molar-refractivity contribution in [3.05, 3.63) is 65.4 Å². The number of ether oxygens (including phenoxy) is 2. The zero-order valence-electron chi connectivity index (χ0n) is 19.6. The number of amides is 1. The number of fused-ring (bicyclic) bond motifs is 1. The zero-order valence-corrected chi connectivity index (χ0v) is 19.6. The number of rotatable bonds is 9. The number of nitrogens with one attached hydrogen (secondary N) is 2. The Balaban J connectivity index is 1.59. The first-order valence-corrected chi connectivity index (χ1v) is 11.3. The van der Waals surface area contributed by atoms with Crippen molar-refractivity contribution in [3.8, 4) is 22.8 Å². The Morgan fingerprint density at radius 2 is 1.94 bits per heavy atom. The molecule has 4 aromatic rings. The number of aryl methyl sites for hydroxylation is 2. The van der Waals surface area contributed by atoms with Crippen molar-refractivity contribution in [1.29, 1.82) is 0 Å². The van der Waals surface area contributed by atoms with Crippen LogP contribution in [0.25, 0.3) is 22.3 Å². The highest BCUT2D eigenvalue weighted by Gasteiger charge is 2.13. The lowest BCUT2D eigenvalue weighted by Gasteiger charge is -2.12. The minimum absolute atomic E-state index is 0.262. The summed E-state index contributed by atoms with van der Waals surface area (Å²) in [5.74, 6) is 0.844. The number of H-pyrrole nitrogens is 1. The van der Waals surface area contributed by atoms with Gasteiger partial charge in [-0.1, -0.05) is 13.0 Å². The van der Waals surface area contributed by atoms with Gasteiger partial charge in [0, 0.05) is 28.3 Å². The second-order valence-electron chi connectivity index (χ2n) is 7.99.